The molecule has 4 heterocycles. The number of hydrogen-bond donors (Lipinski definition) is 5. The van der Waals surface area contributed by atoms with E-state index >= 15 is 0 Å². The first-order chi connectivity index (χ1) is 40.2. The number of anilines is 3. The van der Waals surface area contributed by atoms with Crippen LogP contribution in [0.1, 0.15) is 120 Å². The molecule has 5 N–H and O–H groups in total. The first kappa shape index (κ1) is 61.7. The van der Waals surface area contributed by atoms with Crippen LogP contribution in [-0.2, 0) is 35.5 Å². The number of amides is 6. The van der Waals surface area contributed by atoms with E-state index in [1.165, 1.54) is 23.3 Å². The summed E-state index contributed by atoms with van der Waals surface area (Å²) in [5.74, 6) is -2.78. The van der Waals surface area contributed by atoms with Gasteiger partial charge >= 0.3 is 5.51 Å². The Bertz CT molecular complexity index is 3240. The van der Waals surface area contributed by atoms with Crippen LogP contribution in [0.3, 0.4) is 0 Å². The van der Waals surface area contributed by atoms with Gasteiger partial charge < -0.3 is 30.9 Å². The number of ether oxygens (including phenoxy) is 1. The molecule has 18 nitrogen and oxygen atoms in total. The van der Waals surface area contributed by atoms with Gasteiger partial charge in [-0.1, -0.05) is 55.3 Å². The highest BCUT2D eigenvalue weighted by atomic mass is 35.5. The average molecular weight is 1200 g/mol. The molecule has 9 rings (SSSR count). The average Bonchev–Trinajstić information content (AvgIpc) is 2.94. The molecule has 4 aliphatic heterocycles. The summed E-state index contributed by atoms with van der Waals surface area (Å²) in [5, 5.41) is 15.1. The Balaban J connectivity index is 0.745. The van der Waals surface area contributed by atoms with Gasteiger partial charge in [-0.15, -0.1) is 0 Å². The number of fused-ring (bicyclic) bond motifs is 1. The van der Waals surface area contributed by atoms with Crippen LogP contribution in [0.2, 0.25) is 5.02 Å². The minimum absolute atomic E-state index is 0.0330. The second kappa shape index (κ2) is 27.0. The lowest BCUT2D eigenvalue weighted by Gasteiger charge is -2.41. The van der Waals surface area contributed by atoms with Crippen LogP contribution in [-0.4, -0.2) is 155 Å². The summed E-state index contributed by atoms with van der Waals surface area (Å²) in [5.41, 5.74) is 0.184. The summed E-state index contributed by atoms with van der Waals surface area (Å²) in [6, 6.07) is 22.5. The van der Waals surface area contributed by atoms with Crippen LogP contribution in [0.25, 0.3) is 5.57 Å². The molecule has 6 amide bonds. The van der Waals surface area contributed by atoms with E-state index in [1.54, 1.807) is 30.3 Å². The van der Waals surface area contributed by atoms with Gasteiger partial charge in [-0.3, -0.25) is 48.8 Å². The second-order valence-corrected chi connectivity index (χ2v) is 25.0. The van der Waals surface area contributed by atoms with Gasteiger partial charge in [0.1, 0.15) is 6.04 Å². The maximum Gasteiger partial charge on any atom is 0.501 e. The van der Waals surface area contributed by atoms with E-state index in [-0.39, 0.29) is 59.1 Å². The van der Waals surface area contributed by atoms with Crippen molar-refractivity contribution in [3.05, 3.63) is 123 Å². The Hall–Kier alpha value is -6.85. The molecule has 4 aromatic rings. The molecular formula is C61H73ClF3N9O9S. The maximum atomic E-state index is 14.0. The minimum atomic E-state index is -5.73. The summed E-state index contributed by atoms with van der Waals surface area (Å²) in [6.07, 6.45) is 5.25. The number of carbonyl (C=O) groups excluding carboxylic acids is 6. The molecule has 84 heavy (non-hydrogen) atoms. The van der Waals surface area contributed by atoms with Crippen LogP contribution in [0, 0.1) is 5.41 Å². The number of allylic oxidation sites excluding steroid dienone is 1. The van der Waals surface area contributed by atoms with Gasteiger partial charge in [0.2, 0.25) is 17.7 Å². The number of piperazine rings is 1. The normalized spacial score (nSPS) is 20.4. The number of halogens is 4. The fourth-order valence-corrected chi connectivity index (χ4v) is 12.9. The van der Waals surface area contributed by atoms with E-state index in [9.17, 15) is 50.4 Å². The van der Waals surface area contributed by atoms with Crippen LogP contribution in [0.5, 0.6) is 0 Å². The van der Waals surface area contributed by atoms with Crippen LogP contribution in [0.4, 0.5) is 30.2 Å². The third kappa shape index (κ3) is 14.8. The predicted octanol–water partition coefficient (Wildman–Crippen LogP) is 8.04. The first-order valence-corrected chi connectivity index (χ1v) is 30.7. The number of carbonyl (C=O) groups is 6. The van der Waals surface area contributed by atoms with Gasteiger partial charge in [0.25, 0.3) is 27.6 Å². The number of morpholine rings is 1. The standard InChI is InChI=1S/C61H73ClF3N9O9S/c1-3-45(23-26-71-31-33-83-34-32-71)69-49-19-10-40(35-52(49)84(81,82)61(63,64)65)37-67-56(77)42-13-17-46(18-14-42)73-29-27-72(28-30-73)38-43-36-60(2,24-22-47(43)41-11-15-44(62)16-12-41)39-68-53(75)9-4-5-25-66-50-8-6-7-48-55(50)59(80)74(58(48)79)51-20-21-54(76)70-57(51)78/h6-8,10-19,35,45,51,66,69H,3-5,9,20-34,36-39H2,1-2H3,(H,67,77)(H,68,75)(H,70,76,78)/t45-,51?,60?/m0/s1. The lowest BCUT2D eigenvalue weighted by molar-refractivity contribution is -0.136. The van der Waals surface area contributed by atoms with E-state index < -0.39 is 55.8 Å². The number of nitrogens with zero attached hydrogens (tertiary/aromatic N) is 4. The summed E-state index contributed by atoms with van der Waals surface area (Å²) < 4.78 is 73.2. The van der Waals surface area contributed by atoms with Crippen molar-refractivity contribution in [2.45, 2.75) is 107 Å². The molecule has 4 aromatic carbocycles. The number of benzene rings is 4. The number of hydrogen-bond acceptors (Lipinski definition) is 14. The third-order valence-corrected chi connectivity index (χ3v) is 18.5. The van der Waals surface area contributed by atoms with Gasteiger partial charge in [0, 0.05) is 113 Å². The van der Waals surface area contributed by atoms with E-state index in [0.29, 0.717) is 81.2 Å². The van der Waals surface area contributed by atoms with Gasteiger partial charge in [-0.05, 0) is 134 Å². The highest BCUT2D eigenvalue weighted by molar-refractivity contribution is 7.92. The van der Waals surface area contributed by atoms with Gasteiger partial charge in [0.15, 0.2) is 0 Å². The van der Waals surface area contributed by atoms with Crippen LogP contribution >= 0.6 is 11.6 Å². The number of unbranched alkanes of at least 4 members (excludes halogenated alkanes) is 1. The first-order valence-electron chi connectivity index (χ1n) is 28.9. The zero-order valence-electron chi connectivity index (χ0n) is 47.4. The zero-order chi connectivity index (χ0) is 59.8. The summed E-state index contributed by atoms with van der Waals surface area (Å²) in [7, 11) is -5.73. The summed E-state index contributed by atoms with van der Waals surface area (Å²) in [4.78, 5) is 84.6. The Morgan fingerprint density at radius 2 is 1.60 bits per heavy atom. The van der Waals surface area contributed by atoms with E-state index in [1.807, 2.05) is 31.2 Å². The SMILES string of the molecule is CC[C@@H](CCN1CCOCC1)Nc1ccc(CNC(=O)c2ccc(N3CCN(CC4=C(c5ccc(Cl)cc5)CCC(C)(CNC(=O)CCCCNc5cccc6c5C(=O)N(C5CCC(=O)NC5=O)C6=O)C4)CC3)cc2)cc1S(=O)(=O)C(F)(F)F. The van der Waals surface area contributed by atoms with E-state index in [0.717, 1.165) is 87.3 Å². The smallest absolute Gasteiger partial charge is 0.384 e. The highest BCUT2D eigenvalue weighted by Gasteiger charge is 2.49. The lowest BCUT2D eigenvalue weighted by Crippen LogP contribution is -2.54. The van der Waals surface area contributed by atoms with Crippen LogP contribution in [0.15, 0.2) is 95.4 Å². The van der Waals surface area contributed by atoms with Crippen molar-refractivity contribution in [3.8, 4) is 0 Å². The minimum Gasteiger partial charge on any atom is -0.384 e. The molecule has 0 saturated carbocycles. The fourth-order valence-electron chi connectivity index (χ4n) is 11.8. The molecule has 3 saturated heterocycles. The molecule has 5 aliphatic rings. The molecule has 0 spiro atoms. The van der Waals surface area contributed by atoms with E-state index in [2.05, 4.69) is 60.3 Å². The quantitative estimate of drug-likeness (QED) is 0.0351. The number of piperidine rings is 1. The Labute approximate surface area is 493 Å². The topological polar surface area (TPSA) is 219 Å². The lowest BCUT2D eigenvalue weighted by atomic mass is 9.71. The number of alkyl halides is 3. The van der Waals surface area contributed by atoms with Crippen molar-refractivity contribution in [1.29, 1.82) is 0 Å². The molecule has 23 heteroatoms. The zero-order valence-corrected chi connectivity index (χ0v) is 49.0. The number of imide groups is 2. The van der Waals surface area contributed by atoms with Crippen molar-refractivity contribution < 1.29 is 55.1 Å². The Kier molecular flexibility index (Phi) is 19.9. The summed E-state index contributed by atoms with van der Waals surface area (Å²) >= 11 is 6.32. The van der Waals surface area contributed by atoms with Gasteiger partial charge in [-0.2, -0.15) is 13.2 Å². The number of sulfone groups is 1. The molecule has 3 fully saturated rings. The van der Waals surface area contributed by atoms with Crippen molar-refractivity contribution in [2.24, 2.45) is 5.41 Å². The Morgan fingerprint density at radius 1 is 0.857 bits per heavy atom. The van der Waals surface area contributed by atoms with Gasteiger partial charge in [0.05, 0.1) is 34.9 Å². The maximum absolute atomic E-state index is 14.0. The molecule has 1 aliphatic carbocycles. The monoisotopic (exact) mass is 1200 g/mol. The summed E-state index contributed by atoms with van der Waals surface area (Å²) in [6.45, 7) is 12.0. The van der Waals surface area contributed by atoms with Crippen molar-refractivity contribution >= 4 is 79.5 Å². The number of rotatable bonds is 23. The largest absolute Gasteiger partial charge is 0.501 e. The van der Waals surface area contributed by atoms with Crippen molar-refractivity contribution in [3.63, 3.8) is 0 Å². The second-order valence-electron chi connectivity index (χ2n) is 22.7. The molecule has 450 valence electrons. The molecule has 0 aromatic heterocycles. The van der Waals surface area contributed by atoms with Crippen LogP contribution < -0.4 is 31.5 Å². The van der Waals surface area contributed by atoms with Crippen molar-refractivity contribution in [1.82, 2.24) is 30.7 Å². The molecule has 2 unspecified atom stereocenters. The van der Waals surface area contributed by atoms with Crippen molar-refractivity contribution in [2.75, 3.05) is 94.2 Å². The molecule has 0 radical (unpaired) electrons. The fraction of sp³-hybridized carbons (Fsp3) is 0.475. The Morgan fingerprint density at radius 3 is 2.30 bits per heavy atom. The number of nitrogens with one attached hydrogen (secondary N) is 5. The third-order valence-electron chi connectivity index (χ3n) is 16.7. The highest BCUT2D eigenvalue weighted by Crippen LogP contribution is 2.43. The molecular weight excluding hydrogens is 1130 g/mol. The molecule has 0 bridgehead atoms. The van der Waals surface area contributed by atoms with Gasteiger partial charge in [-0.25, -0.2) is 8.42 Å². The van der Waals surface area contributed by atoms with E-state index in [4.69, 9.17) is 16.3 Å². The predicted molar refractivity (Wildman–Crippen MR) is 314 cm³/mol. The molecule has 3 atom stereocenters.